The molecule has 3 aromatic rings. The summed E-state index contributed by atoms with van der Waals surface area (Å²) in [6.45, 7) is 7.65. The average Bonchev–Trinajstić information content (AvgIpc) is 2.60. The highest BCUT2D eigenvalue weighted by Crippen LogP contribution is 2.29. The molecule has 0 radical (unpaired) electrons. The fraction of sp³-hybridized carbons (Fsp3) is 0.318. The second-order valence-corrected chi connectivity index (χ2v) is 7.42. The largest absolute Gasteiger partial charge is 0.489 e. The van der Waals surface area contributed by atoms with E-state index in [9.17, 15) is 0 Å². The van der Waals surface area contributed by atoms with Gasteiger partial charge in [-0.2, -0.15) is 0 Å². The zero-order chi connectivity index (χ0) is 17.9. The minimum absolute atomic E-state index is 0.0572. The van der Waals surface area contributed by atoms with Gasteiger partial charge in [0.25, 0.3) is 0 Å². The van der Waals surface area contributed by atoms with Gasteiger partial charge in [-0.25, -0.2) is 0 Å². The molecule has 0 spiro atoms. The normalized spacial score (nSPS) is 11.7. The summed E-state index contributed by atoms with van der Waals surface area (Å²) >= 11 is 0. The Morgan fingerprint density at radius 1 is 1.04 bits per heavy atom. The van der Waals surface area contributed by atoms with E-state index in [-0.39, 0.29) is 5.41 Å². The Hall–Kier alpha value is -2.39. The Morgan fingerprint density at radius 3 is 2.52 bits per heavy atom. The van der Waals surface area contributed by atoms with Crippen LogP contribution in [0.3, 0.4) is 0 Å². The minimum Gasteiger partial charge on any atom is -0.489 e. The summed E-state index contributed by atoms with van der Waals surface area (Å²) in [6, 6.07) is 18.5. The maximum Gasteiger partial charge on any atom is 0.120 e. The van der Waals surface area contributed by atoms with Crippen molar-refractivity contribution in [1.29, 1.82) is 0 Å². The van der Waals surface area contributed by atoms with E-state index in [1.807, 2.05) is 37.3 Å². The molecule has 0 atom stereocenters. The van der Waals surface area contributed by atoms with Gasteiger partial charge in [-0.15, -0.1) is 0 Å². The van der Waals surface area contributed by atoms with Gasteiger partial charge in [-0.1, -0.05) is 44.2 Å². The predicted octanol–water partition coefficient (Wildman–Crippen LogP) is 4.65. The van der Waals surface area contributed by atoms with E-state index in [1.54, 1.807) is 0 Å². The predicted molar refractivity (Wildman–Crippen MR) is 104 cm³/mol. The van der Waals surface area contributed by atoms with E-state index in [1.165, 1.54) is 5.56 Å². The van der Waals surface area contributed by atoms with E-state index in [0.29, 0.717) is 13.2 Å². The molecule has 1 heterocycles. The molecule has 0 saturated carbocycles. The SMILES string of the molecule is Cc1cc(CC(C)(C)CN)c2cc(OCc3ccccc3)ccc2n1. The smallest absolute Gasteiger partial charge is 0.120 e. The molecule has 2 N–H and O–H groups in total. The molecule has 0 bridgehead atoms. The van der Waals surface area contributed by atoms with E-state index >= 15 is 0 Å². The standard InChI is InChI=1S/C22H26N2O/c1-16-11-18(13-22(2,3)15-23)20-12-19(9-10-21(20)24-16)25-14-17-7-5-4-6-8-17/h4-12H,13-15,23H2,1-3H3. The molecule has 1 aromatic heterocycles. The Bertz CT molecular complexity index is 857. The lowest BCUT2D eigenvalue weighted by atomic mass is 9.84. The van der Waals surface area contributed by atoms with Crippen LogP contribution in [0.2, 0.25) is 0 Å². The van der Waals surface area contributed by atoms with Crippen molar-refractivity contribution < 1.29 is 4.74 Å². The summed E-state index contributed by atoms with van der Waals surface area (Å²) in [6.07, 6.45) is 0.922. The highest BCUT2D eigenvalue weighted by atomic mass is 16.5. The number of aromatic nitrogens is 1. The first-order chi connectivity index (χ1) is 12.0. The van der Waals surface area contributed by atoms with Crippen LogP contribution in [0.25, 0.3) is 10.9 Å². The van der Waals surface area contributed by atoms with Crippen molar-refractivity contribution in [1.82, 2.24) is 4.98 Å². The van der Waals surface area contributed by atoms with E-state index < -0.39 is 0 Å². The molecular formula is C22H26N2O. The maximum absolute atomic E-state index is 5.99. The van der Waals surface area contributed by atoms with Crippen LogP contribution < -0.4 is 10.5 Å². The molecule has 0 fully saturated rings. The number of pyridine rings is 1. The molecule has 0 aliphatic heterocycles. The van der Waals surface area contributed by atoms with E-state index in [4.69, 9.17) is 10.5 Å². The molecule has 130 valence electrons. The van der Waals surface area contributed by atoms with Crippen LogP contribution in [0.1, 0.15) is 30.7 Å². The van der Waals surface area contributed by atoms with Gasteiger partial charge in [0.1, 0.15) is 12.4 Å². The van der Waals surface area contributed by atoms with Crippen LogP contribution in [0.4, 0.5) is 0 Å². The van der Waals surface area contributed by atoms with Gasteiger partial charge in [-0.3, -0.25) is 4.98 Å². The number of ether oxygens (including phenoxy) is 1. The molecule has 3 heteroatoms. The lowest BCUT2D eigenvalue weighted by molar-refractivity contribution is 0.306. The van der Waals surface area contributed by atoms with Gasteiger partial charge in [0.2, 0.25) is 0 Å². The van der Waals surface area contributed by atoms with E-state index in [0.717, 1.165) is 34.3 Å². The fourth-order valence-electron chi connectivity index (χ4n) is 2.99. The van der Waals surface area contributed by atoms with Gasteiger partial charge < -0.3 is 10.5 Å². The van der Waals surface area contributed by atoms with Crippen LogP contribution in [-0.2, 0) is 13.0 Å². The molecule has 3 rings (SSSR count). The lowest BCUT2D eigenvalue weighted by Crippen LogP contribution is -2.26. The van der Waals surface area contributed by atoms with Crippen molar-refractivity contribution in [3.63, 3.8) is 0 Å². The Balaban J connectivity index is 1.91. The highest BCUT2D eigenvalue weighted by molar-refractivity contribution is 5.84. The number of hydrogen-bond donors (Lipinski definition) is 1. The summed E-state index contributed by atoms with van der Waals surface area (Å²) in [5.41, 5.74) is 10.5. The monoisotopic (exact) mass is 334 g/mol. The molecule has 0 aliphatic rings. The zero-order valence-corrected chi connectivity index (χ0v) is 15.3. The third kappa shape index (κ3) is 4.37. The quantitative estimate of drug-likeness (QED) is 0.714. The number of nitrogens with zero attached hydrogens (tertiary/aromatic N) is 1. The molecule has 2 aromatic carbocycles. The van der Waals surface area contributed by atoms with Gasteiger partial charge >= 0.3 is 0 Å². The number of aryl methyl sites for hydroxylation is 1. The molecular weight excluding hydrogens is 308 g/mol. The van der Waals surface area contributed by atoms with E-state index in [2.05, 4.69) is 43.1 Å². The zero-order valence-electron chi connectivity index (χ0n) is 15.3. The number of nitrogens with two attached hydrogens (primary N) is 1. The van der Waals surface area contributed by atoms with Crippen LogP contribution in [-0.4, -0.2) is 11.5 Å². The molecule has 0 aliphatic carbocycles. The van der Waals surface area contributed by atoms with Crippen molar-refractivity contribution in [3.05, 3.63) is 71.4 Å². The molecule has 0 unspecified atom stereocenters. The van der Waals surface area contributed by atoms with Gasteiger partial charge in [0, 0.05) is 11.1 Å². The van der Waals surface area contributed by atoms with Gasteiger partial charge in [0.05, 0.1) is 5.52 Å². The topological polar surface area (TPSA) is 48.1 Å². The fourth-order valence-corrected chi connectivity index (χ4v) is 2.99. The van der Waals surface area contributed by atoms with Crippen molar-refractivity contribution >= 4 is 10.9 Å². The van der Waals surface area contributed by atoms with Crippen molar-refractivity contribution in [3.8, 4) is 5.75 Å². The number of fused-ring (bicyclic) bond motifs is 1. The lowest BCUT2D eigenvalue weighted by Gasteiger charge is -2.23. The molecule has 0 amide bonds. The van der Waals surface area contributed by atoms with Crippen LogP contribution in [0.15, 0.2) is 54.6 Å². The second kappa shape index (κ2) is 7.24. The summed E-state index contributed by atoms with van der Waals surface area (Å²) in [7, 11) is 0. The van der Waals surface area contributed by atoms with Crippen LogP contribution in [0, 0.1) is 12.3 Å². The molecule has 3 nitrogen and oxygen atoms in total. The Kier molecular flexibility index (Phi) is 5.05. The first-order valence-electron chi connectivity index (χ1n) is 8.74. The van der Waals surface area contributed by atoms with Gasteiger partial charge in [-0.05, 0) is 60.7 Å². The second-order valence-electron chi connectivity index (χ2n) is 7.42. The first-order valence-corrected chi connectivity index (χ1v) is 8.74. The number of hydrogen-bond acceptors (Lipinski definition) is 3. The minimum atomic E-state index is 0.0572. The summed E-state index contributed by atoms with van der Waals surface area (Å²) in [5, 5.41) is 1.15. The van der Waals surface area contributed by atoms with Crippen molar-refractivity contribution in [2.24, 2.45) is 11.1 Å². The number of benzene rings is 2. The summed E-state index contributed by atoms with van der Waals surface area (Å²) in [4.78, 5) is 4.66. The third-order valence-electron chi connectivity index (χ3n) is 4.46. The Morgan fingerprint density at radius 2 is 1.80 bits per heavy atom. The highest BCUT2D eigenvalue weighted by Gasteiger charge is 2.18. The summed E-state index contributed by atoms with van der Waals surface area (Å²) < 4.78 is 5.99. The van der Waals surface area contributed by atoms with Crippen LogP contribution >= 0.6 is 0 Å². The Labute approximate surface area is 149 Å². The van der Waals surface area contributed by atoms with Crippen molar-refractivity contribution in [2.45, 2.75) is 33.8 Å². The first kappa shape index (κ1) is 17.4. The van der Waals surface area contributed by atoms with Crippen LogP contribution in [0.5, 0.6) is 5.75 Å². The maximum atomic E-state index is 5.99. The average molecular weight is 334 g/mol. The molecule has 0 saturated heterocycles. The van der Waals surface area contributed by atoms with Gasteiger partial charge in [0.15, 0.2) is 0 Å². The van der Waals surface area contributed by atoms with Crippen molar-refractivity contribution in [2.75, 3.05) is 6.54 Å². The number of rotatable bonds is 6. The summed E-state index contributed by atoms with van der Waals surface area (Å²) in [5.74, 6) is 0.869. The molecule has 25 heavy (non-hydrogen) atoms. The third-order valence-corrected chi connectivity index (χ3v) is 4.46.